The van der Waals surface area contributed by atoms with Gasteiger partial charge >= 0.3 is 0 Å². The molecule has 0 aromatic heterocycles. The van der Waals surface area contributed by atoms with E-state index in [2.05, 4.69) is 6.07 Å². The van der Waals surface area contributed by atoms with Gasteiger partial charge in [-0.25, -0.2) is 0 Å². The molecule has 1 fully saturated rings. The standard InChI is InChI=1S/C18H20ClNO/c19-16-11-15(18(13-20)9-4-10-18)7-8-17(16)21-12-14-5-2-1-3-6-14/h1-3,5-8,11H,4,9-10,12-13,20H2. The molecule has 3 rings (SSSR count). The lowest BCUT2D eigenvalue weighted by atomic mass is 9.64. The lowest BCUT2D eigenvalue weighted by Gasteiger charge is -2.41. The topological polar surface area (TPSA) is 35.2 Å². The number of benzene rings is 2. The monoisotopic (exact) mass is 301 g/mol. The average Bonchev–Trinajstić information content (AvgIpc) is 2.47. The molecular weight excluding hydrogens is 282 g/mol. The van der Waals surface area contributed by atoms with Crippen LogP contribution in [0.1, 0.15) is 30.4 Å². The molecule has 0 saturated heterocycles. The van der Waals surface area contributed by atoms with Crippen molar-refractivity contribution in [2.45, 2.75) is 31.3 Å². The molecule has 2 nitrogen and oxygen atoms in total. The fourth-order valence-electron chi connectivity index (χ4n) is 2.90. The van der Waals surface area contributed by atoms with Crippen LogP contribution < -0.4 is 10.5 Å². The third kappa shape index (κ3) is 2.92. The Bertz CT molecular complexity index is 602. The Morgan fingerprint density at radius 2 is 1.86 bits per heavy atom. The third-order valence-corrected chi connectivity index (χ3v) is 4.78. The zero-order valence-electron chi connectivity index (χ0n) is 12.0. The van der Waals surface area contributed by atoms with Crippen LogP contribution in [0.25, 0.3) is 0 Å². The molecule has 1 saturated carbocycles. The van der Waals surface area contributed by atoms with E-state index in [4.69, 9.17) is 22.1 Å². The molecule has 3 heteroatoms. The largest absolute Gasteiger partial charge is 0.487 e. The molecule has 2 aromatic rings. The van der Waals surface area contributed by atoms with E-state index in [1.165, 1.54) is 12.0 Å². The van der Waals surface area contributed by atoms with Crippen LogP contribution in [0, 0.1) is 0 Å². The van der Waals surface area contributed by atoms with Gasteiger partial charge in [-0.2, -0.15) is 0 Å². The van der Waals surface area contributed by atoms with Crippen LogP contribution in [0.15, 0.2) is 48.5 Å². The predicted octanol–water partition coefficient (Wildman–Crippen LogP) is 4.30. The molecule has 0 heterocycles. The van der Waals surface area contributed by atoms with Gasteiger partial charge in [-0.3, -0.25) is 0 Å². The maximum atomic E-state index is 6.37. The van der Waals surface area contributed by atoms with E-state index < -0.39 is 0 Å². The fourth-order valence-corrected chi connectivity index (χ4v) is 3.13. The number of rotatable bonds is 5. The number of hydrogen-bond donors (Lipinski definition) is 1. The van der Waals surface area contributed by atoms with E-state index in [0.717, 1.165) is 24.2 Å². The summed E-state index contributed by atoms with van der Waals surface area (Å²) in [5.74, 6) is 0.732. The van der Waals surface area contributed by atoms with E-state index in [9.17, 15) is 0 Å². The number of hydrogen-bond acceptors (Lipinski definition) is 2. The second kappa shape index (κ2) is 6.08. The molecule has 110 valence electrons. The molecule has 21 heavy (non-hydrogen) atoms. The zero-order valence-corrected chi connectivity index (χ0v) is 12.8. The zero-order chi connectivity index (χ0) is 14.7. The van der Waals surface area contributed by atoms with E-state index in [1.807, 2.05) is 42.5 Å². The van der Waals surface area contributed by atoms with Crippen LogP contribution in [0.2, 0.25) is 5.02 Å². The highest BCUT2D eigenvalue weighted by Gasteiger charge is 2.37. The van der Waals surface area contributed by atoms with E-state index >= 15 is 0 Å². The second-order valence-corrected chi connectivity index (χ2v) is 6.16. The molecular formula is C18H20ClNO. The van der Waals surface area contributed by atoms with Crippen molar-refractivity contribution in [1.29, 1.82) is 0 Å². The number of halogens is 1. The molecule has 0 unspecified atom stereocenters. The summed E-state index contributed by atoms with van der Waals surface area (Å²) in [5.41, 5.74) is 8.47. The van der Waals surface area contributed by atoms with Crippen molar-refractivity contribution >= 4 is 11.6 Å². The fraction of sp³-hybridized carbons (Fsp3) is 0.333. The van der Waals surface area contributed by atoms with Gasteiger partial charge in [0.05, 0.1) is 5.02 Å². The molecule has 1 aliphatic rings. The Hall–Kier alpha value is -1.51. The Balaban J connectivity index is 1.73. The first kappa shape index (κ1) is 14.4. The van der Waals surface area contributed by atoms with E-state index in [0.29, 0.717) is 18.2 Å². The van der Waals surface area contributed by atoms with Crippen LogP contribution >= 0.6 is 11.6 Å². The minimum atomic E-state index is 0.140. The average molecular weight is 302 g/mol. The molecule has 1 aliphatic carbocycles. The Morgan fingerprint density at radius 3 is 2.43 bits per heavy atom. The number of ether oxygens (including phenoxy) is 1. The van der Waals surface area contributed by atoms with Crippen LogP contribution in [-0.4, -0.2) is 6.54 Å². The lowest BCUT2D eigenvalue weighted by Crippen LogP contribution is -2.41. The first-order chi connectivity index (χ1) is 10.2. The Kier molecular flexibility index (Phi) is 4.18. The lowest BCUT2D eigenvalue weighted by molar-refractivity contribution is 0.252. The van der Waals surface area contributed by atoms with Crippen molar-refractivity contribution < 1.29 is 4.74 Å². The summed E-state index contributed by atoms with van der Waals surface area (Å²) >= 11 is 6.37. The van der Waals surface area contributed by atoms with Gasteiger partial charge in [0.25, 0.3) is 0 Å². The van der Waals surface area contributed by atoms with Gasteiger partial charge in [0.1, 0.15) is 12.4 Å². The highest BCUT2D eigenvalue weighted by molar-refractivity contribution is 6.32. The van der Waals surface area contributed by atoms with Crippen molar-refractivity contribution in [3.8, 4) is 5.75 Å². The smallest absolute Gasteiger partial charge is 0.138 e. The summed E-state index contributed by atoms with van der Waals surface area (Å²) in [6.07, 6.45) is 3.56. The minimum Gasteiger partial charge on any atom is -0.487 e. The molecule has 0 atom stereocenters. The summed E-state index contributed by atoms with van der Waals surface area (Å²) in [4.78, 5) is 0. The van der Waals surface area contributed by atoms with E-state index in [1.54, 1.807) is 0 Å². The summed E-state index contributed by atoms with van der Waals surface area (Å²) in [6, 6.07) is 16.2. The van der Waals surface area contributed by atoms with Crippen LogP contribution in [0.5, 0.6) is 5.75 Å². The SMILES string of the molecule is NCC1(c2ccc(OCc3ccccc3)c(Cl)c2)CCC1. The minimum absolute atomic E-state index is 0.140. The van der Waals surface area contributed by atoms with Gasteiger partial charge in [-0.15, -0.1) is 0 Å². The number of nitrogens with two attached hydrogens (primary N) is 1. The summed E-state index contributed by atoms with van der Waals surface area (Å²) < 4.78 is 5.81. The van der Waals surface area contributed by atoms with Gasteiger partial charge in [-0.05, 0) is 36.1 Å². The van der Waals surface area contributed by atoms with Crippen molar-refractivity contribution in [3.05, 3.63) is 64.7 Å². The van der Waals surface area contributed by atoms with Gasteiger partial charge in [-0.1, -0.05) is 54.4 Å². The summed E-state index contributed by atoms with van der Waals surface area (Å²) in [7, 11) is 0. The molecule has 2 aromatic carbocycles. The first-order valence-corrected chi connectivity index (χ1v) is 7.78. The summed E-state index contributed by atoms with van der Waals surface area (Å²) in [5, 5.41) is 0.670. The van der Waals surface area contributed by atoms with Crippen LogP contribution in [0.4, 0.5) is 0 Å². The quantitative estimate of drug-likeness (QED) is 0.893. The normalized spacial score (nSPS) is 16.3. The van der Waals surface area contributed by atoms with Crippen molar-refractivity contribution in [3.63, 3.8) is 0 Å². The highest BCUT2D eigenvalue weighted by atomic mass is 35.5. The van der Waals surface area contributed by atoms with Crippen molar-refractivity contribution in [2.24, 2.45) is 5.73 Å². The van der Waals surface area contributed by atoms with Crippen molar-refractivity contribution in [2.75, 3.05) is 6.54 Å². The van der Waals surface area contributed by atoms with E-state index in [-0.39, 0.29) is 5.41 Å². The molecule has 0 bridgehead atoms. The molecule has 0 spiro atoms. The maximum Gasteiger partial charge on any atom is 0.138 e. The second-order valence-electron chi connectivity index (χ2n) is 5.76. The molecule has 0 radical (unpaired) electrons. The highest BCUT2D eigenvalue weighted by Crippen LogP contribution is 2.44. The molecule has 2 N–H and O–H groups in total. The van der Waals surface area contributed by atoms with Crippen LogP contribution in [0.3, 0.4) is 0 Å². The van der Waals surface area contributed by atoms with Gasteiger partial charge in [0.15, 0.2) is 0 Å². The molecule has 0 amide bonds. The first-order valence-electron chi connectivity index (χ1n) is 7.40. The molecule has 0 aliphatic heterocycles. The maximum absolute atomic E-state index is 6.37. The van der Waals surface area contributed by atoms with Gasteiger partial charge in [0, 0.05) is 12.0 Å². The van der Waals surface area contributed by atoms with Gasteiger partial charge in [0.2, 0.25) is 0 Å². The van der Waals surface area contributed by atoms with Gasteiger partial charge < -0.3 is 10.5 Å². The Morgan fingerprint density at radius 1 is 1.10 bits per heavy atom. The third-order valence-electron chi connectivity index (χ3n) is 4.48. The van der Waals surface area contributed by atoms with Crippen LogP contribution in [-0.2, 0) is 12.0 Å². The Labute approximate surface area is 130 Å². The predicted molar refractivity (Wildman–Crippen MR) is 86.8 cm³/mol. The summed E-state index contributed by atoms with van der Waals surface area (Å²) in [6.45, 7) is 1.22. The van der Waals surface area contributed by atoms with Crippen molar-refractivity contribution in [1.82, 2.24) is 0 Å².